The molecule has 0 bridgehead atoms. The van der Waals surface area contributed by atoms with Gasteiger partial charge in [0.15, 0.2) is 11.6 Å². The van der Waals surface area contributed by atoms with E-state index in [1.165, 1.54) is 24.5 Å². The number of thiazole rings is 1. The van der Waals surface area contributed by atoms with Crippen LogP contribution in [0.3, 0.4) is 0 Å². The molecular weight excluding hydrogens is 560 g/mol. The maximum Gasteiger partial charge on any atom is 0.207 e. The fraction of sp³-hybridized carbons (Fsp3) is 0.120. The molecule has 1 aliphatic heterocycles. The van der Waals surface area contributed by atoms with Crippen molar-refractivity contribution in [3.8, 4) is 17.0 Å². The number of ether oxygens (including phenoxy) is 1. The van der Waals surface area contributed by atoms with Gasteiger partial charge in [-0.05, 0) is 48.0 Å². The molecule has 4 nitrogen and oxygen atoms in total. The second-order valence-corrected chi connectivity index (χ2v) is 10.2. The summed E-state index contributed by atoms with van der Waals surface area (Å²) in [6, 6.07) is 18.0. The molecule has 34 heavy (non-hydrogen) atoms. The summed E-state index contributed by atoms with van der Waals surface area (Å²) in [7, 11) is 1.44. The zero-order valence-electron chi connectivity index (χ0n) is 17.8. The number of hydrogen-bond donors (Lipinski definition) is 0. The monoisotopic (exact) mass is 575 g/mol. The van der Waals surface area contributed by atoms with Crippen molar-refractivity contribution in [2.24, 2.45) is 5.10 Å². The van der Waals surface area contributed by atoms with Gasteiger partial charge >= 0.3 is 0 Å². The Labute approximate surface area is 218 Å². The SMILES string of the molecule is COc1ccc(C2=NN(c3nc(-c4ccc(Br)cc4)cs3)[C@@H](c3ccc(Cl)cc3Cl)C2)cc1F. The van der Waals surface area contributed by atoms with Gasteiger partial charge in [0.2, 0.25) is 5.13 Å². The van der Waals surface area contributed by atoms with Crippen LogP contribution in [0.1, 0.15) is 23.6 Å². The highest BCUT2D eigenvalue weighted by molar-refractivity contribution is 9.10. The van der Waals surface area contributed by atoms with E-state index >= 15 is 0 Å². The van der Waals surface area contributed by atoms with Crippen LogP contribution >= 0.6 is 50.5 Å². The molecule has 9 heteroatoms. The Balaban J connectivity index is 1.55. The third kappa shape index (κ3) is 4.58. The molecule has 4 aromatic rings. The number of hydrazone groups is 1. The van der Waals surface area contributed by atoms with Crippen molar-refractivity contribution in [3.05, 3.63) is 97.5 Å². The third-order valence-corrected chi connectivity index (χ3v) is 7.47. The molecule has 1 aliphatic rings. The van der Waals surface area contributed by atoms with E-state index in [0.29, 0.717) is 22.0 Å². The van der Waals surface area contributed by atoms with E-state index < -0.39 is 5.82 Å². The van der Waals surface area contributed by atoms with Crippen molar-refractivity contribution in [2.75, 3.05) is 12.1 Å². The van der Waals surface area contributed by atoms with Crippen molar-refractivity contribution in [1.29, 1.82) is 0 Å². The van der Waals surface area contributed by atoms with Gasteiger partial charge < -0.3 is 4.74 Å². The van der Waals surface area contributed by atoms with E-state index in [9.17, 15) is 4.39 Å². The molecule has 5 rings (SSSR count). The molecule has 0 N–H and O–H groups in total. The lowest BCUT2D eigenvalue weighted by Crippen LogP contribution is -2.18. The van der Waals surface area contributed by atoms with Crippen molar-refractivity contribution in [3.63, 3.8) is 0 Å². The van der Waals surface area contributed by atoms with Crippen molar-refractivity contribution in [1.82, 2.24) is 4.98 Å². The number of rotatable bonds is 5. The first-order valence-corrected chi connectivity index (χ1v) is 12.7. The first-order valence-electron chi connectivity index (χ1n) is 10.3. The second-order valence-electron chi connectivity index (χ2n) is 7.65. The van der Waals surface area contributed by atoms with Crippen LogP contribution in [0.15, 0.2) is 75.6 Å². The molecule has 1 atom stereocenters. The standard InChI is InChI=1S/C25H17BrCl2FN3OS/c1-33-24-9-4-15(10-20(24)29)21-12-23(18-8-7-17(27)11-19(18)28)32(31-21)25-30-22(13-34-25)14-2-5-16(26)6-3-14/h2-11,13,23H,12H2,1H3/t23-/m1/s1. The molecule has 0 aliphatic carbocycles. The summed E-state index contributed by atoms with van der Waals surface area (Å²) in [6.07, 6.45) is 0.528. The summed E-state index contributed by atoms with van der Waals surface area (Å²) >= 11 is 17.7. The molecule has 0 saturated heterocycles. The maximum atomic E-state index is 14.4. The minimum atomic E-state index is -0.436. The number of halogens is 4. The average Bonchev–Trinajstić information content (AvgIpc) is 3.47. The molecule has 172 valence electrons. The lowest BCUT2D eigenvalue weighted by Gasteiger charge is -2.22. The summed E-state index contributed by atoms with van der Waals surface area (Å²) in [6.45, 7) is 0. The van der Waals surface area contributed by atoms with Crippen LogP contribution in [-0.4, -0.2) is 17.8 Å². The van der Waals surface area contributed by atoms with Crippen molar-refractivity contribution in [2.45, 2.75) is 12.5 Å². The number of aromatic nitrogens is 1. The van der Waals surface area contributed by atoms with Crippen molar-refractivity contribution < 1.29 is 9.13 Å². The van der Waals surface area contributed by atoms with Gasteiger partial charge in [-0.15, -0.1) is 11.3 Å². The Kier molecular flexibility index (Phi) is 6.62. The Bertz CT molecular complexity index is 1390. The normalized spacial score (nSPS) is 15.5. The van der Waals surface area contributed by atoms with E-state index in [1.54, 1.807) is 24.3 Å². The summed E-state index contributed by atoms with van der Waals surface area (Å²) in [5, 5.41) is 10.5. The molecule has 0 saturated carbocycles. The number of anilines is 1. The first kappa shape index (κ1) is 23.3. The zero-order chi connectivity index (χ0) is 23.8. The van der Waals surface area contributed by atoms with E-state index in [0.717, 1.165) is 32.1 Å². The van der Waals surface area contributed by atoms with E-state index in [4.69, 9.17) is 38.0 Å². The summed E-state index contributed by atoms with van der Waals surface area (Å²) in [5.74, 6) is -0.246. The lowest BCUT2D eigenvalue weighted by atomic mass is 9.98. The largest absolute Gasteiger partial charge is 0.494 e. The second kappa shape index (κ2) is 9.66. The smallest absolute Gasteiger partial charge is 0.207 e. The van der Waals surface area contributed by atoms with Crippen LogP contribution in [0, 0.1) is 5.82 Å². The minimum Gasteiger partial charge on any atom is -0.494 e. The van der Waals surface area contributed by atoms with Gasteiger partial charge in [-0.3, -0.25) is 0 Å². The number of nitrogens with zero attached hydrogens (tertiary/aromatic N) is 3. The fourth-order valence-electron chi connectivity index (χ4n) is 3.84. The molecule has 3 aromatic carbocycles. The van der Waals surface area contributed by atoms with E-state index in [2.05, 4.69) is 15.9 Å². The molecule has 0 amide bonds. The number of methoxy groups -OCH3 is 1. The molecule has 0 radical (unpaired) electrons. The minimum absolute atomic E-state index is 0.190. The lowest BCUT2D eigenvalue weighted by molar-refractivity contribution is 0.386. The van der Waals surface area contributed by atoms with E-state index in [-0.39, 0.29) is 11.8 Å². The molecule has 1 aromatic heterocycles. The summed E-state index contributed by atoms with van der Waals surface area (Å²) in [5.41, 5.74) is 4.15. The number of benzene rings is 3. The van der Waals surface area contributed by atoms with Crippen LogP contribution < -0.4 is 9.75 Å². The molecule has 0 spiro atoms. The number of hydrogen-bond acceptors (Lipinski definition) is 5. The van der Waals surface area contributed by atoms with Gasteiger partial charge in [-0.25, -0.2) is 14.4 Å². The molecule has 0 fully saturated rings. The first-order chi connectivity index (χ1) is 16.4. The quantitative estimate of drug-likeness (QED) is 0.239. The van der Waals surface area contributed by atoms with E-state index in [1.807, 2.05) is 40.7 Å². The predicted molar refractivity (Wildman–Crippen MR) is 141 cm³/mol. The molecule has 2 heterocycles. The Hall–Kier alpha value is -2.45. The van der Waals surface area contributed by atoms with Crippen LogP contribution in [0.25, 0.3) is 11.3 Å². The van der Waals surface area contributed by atoms with Gasteiger partial charge in [0.05, 0.1) is 24.6 Å². The van der Waals surface area contributed by atoms with Crippen molar-refractivity contribution >= 4 is 61.3 Å². The van der Waals surface area contributed by atoms with Gasteiger partial charge in [-0.2, -0.15) is 5.10 Å². The molecular formula is C25H17BrCl2FN3OS. The maximum absolute atomic E-state index is 14.4. The third-order valence-electron chi connectivity index (χ3n) is 5.54. The Morgan fingerprint density at radius 3 is 2.53 bits per heavy atom. The van der Waals surface area contributed by atoms with Gasteiger partial charge in [-0.1, -0.05) is 57.3 Å². The van der Waals surface area contributed by atoms with Gasteiger partial charge in [0.25, 0.3) is 0 Å². The van der Waals surface area contributed by atoms with Crippen LogP contribution in [0.5, 0.6) is 5.75 Å². The topological polar surface area (TPSA) is 37.7 Å². The Morgan fingerprint density at radius 2 is 1.82 bits per heavy atom. The highest BCUT2D eigenvalue weighted by atomic mass is 79.9. The van der Waals surface area contributed by atoms with Gasteiger partial charge in [0, 0.05) is 37.4 Å². The fourth-order valence-corrected chi connectivity index (χ4v) is 5.48. The van der Waals surface area contributed by atoms with Gasteiger partial charge in [0.1, 0.15) is 0 Å². The molecule has 0 unspecified atom stereocenters. The Morgan fingerprint density at radius 1 is 1.06 bits per heavy atom. The van der Waals surface area contributed by atoms with Crippen LogP contribution in [-0.2, 0) is 0 Å². The highest BCUT2D eigenvalue weighted by Gasteiger charge is 2.33. The van der Waals surface area contributed by atoms with Crippen LogP contribution in [0.4, 0.5) is 9.52 Å². The zero-order valence-corrected chi connectivity index (χ0v) is 21.7. The average molecular weight is 577 g/mol. The highest BCUT2D eigenvalue weighted by Crippen LogP contribution is 2.42. The summed E-state index contributed by atoms with van der Waals surface area (Å²) < 4.78 is 20.5. The predicted octanol–water partition coefficient (Wildman–Crippen LogP) is 8.38. The summed E-state index contributed by atoms with van der Waals surface area (Å²) in [4.78, 5) is 4.85. The van der Waals surface area contributed by atoms with Crippen LogP contribution in [0.2, 0.25) is 10.0 Å².